The third-order valence-corrected chi connectivity index (χ3v) is 4.49. The summed E-state index contributed by atoms with van der Waals surface area (Å²) in [4.78, 5) is 13.2. The zero-order chi connectivity index (χ0) is 15.6. The fourth-order valence-electron chi connectivity index (χ4n) is 1.58. The van der Waals surface area contributed by atoms with E-state index < -0.39 is 20.8 Å². The third kappa shape index (κ3) is 3.56. The Hall–Kier alpha value is -2.00. The van der Waals surface area contributed by atoms with Gasteiger partial charge in [-0.1, -0.05) is 15.9 Å². The van der Waals surface area contributed by atoms with Gasteiger partial charge in [0.05, 0.1) is 5.69 Å². The summed E-state index contributed by atoms with van der Waals surface area (Å²) >= 11 is 3.29. The van der Waals surface area contributed by atoms with Crippen molar-refractivity contribution in [2.24, 2.45) is 0 Å². The van der Waals surface area contributed by atoms with Gasteiger partial charge in [-0.25, -0.2) is 8.42 Å². The second-order valence-corrected chi connectivity index (χ2v) is 6.77. The quantitative estimate of drug-likeness (QED) is 0.657. The number of pyridine rings is 1. The molecule has 2 aromatic rings. The molecule has 110 valence electrons. The first-order valence-electron chi connectivity index (χ1n) is 5.69. The van der Waals surface area contributed by atoms with E-state index in [0.717, 1.165) is 28.4 Å². The Balaban J connectivity index is 2.31. The number of hydrogen-bond acceptors (Lipinski definition) is 5. The van der Waals surface area contributed by atoms with E-state index in [0.29, 0.717) is 5.69 Å². The van der Waals surface area contributed by atoms with Crippen LogP contribution in [0.4, 0.5) is 11.5 Å². The van der Waals surface area contributed by atoms with E-state index in [1.807, 2.05) is 0 Å². The van der Waals surface area contributed by atoms with Crippen LogP contribution in [0.15, 0.2) is 45.9 Å². The summed E-state index contributed by atoms with van der Waals surface area (Å²) in [6.07, 6.45) is 0.953. The summed E-state index contributed by atoms with van der Waals surface area (Å²) in [5.74, 6) is -0.409. The molecular weight excluding hydrogens is 362 g/mol. The van der Waals surface area contributed by atoms with Crippen molar-refractivity contribution in [1.29, 1.82) is 0 Å². The fourth-order valence-corrected chi connectivity index (χ4v) is 3.14. The van der Waals surface area contributed by atoms with Crippen molar-refractivity contribution >= 4 is 37.5 Å². The topological polar surface area (TPSA) is 102 Å². The van der Waals surface area contributed by atoms with Gasteiger partial charge in [-0.2, -0.15) is 0 Å². The third-order valence-electron chi connectivity index (χ3n) is 2.65. The highest BCUT2D eigenvalue weighted by molar-refractivity contribution is 9.10. The van der Waals surface area contributed by atoms with Gasteiger partial charge in [0.1, 0.15) is 4.90 Å². The molecule has 0 saturated carbocycles. The molecule has 0 bridgehead atoms. The zero-order valence-corrected chi connectivity index (χ0v) is 13.2. The number of aromatic nitrogens is 1. The highest BCUT2D eigenvalue weighted by Gasteiger charge is 2.19. The summed E-state index contributed by atoms with van der Waals surface area (Å²) in [6.45, 7) is 1.76. The van der Waals surface area contributed by atoms with Gasteiger partial charge < -0.3 is 10.1 Å². The van der Waals surface area contributed by atoms with E-state index in [1.165, 1.54) is 0 Å². The molecule has 21 heavy (non-hydrogen) atoms. The molecule has 0 amide bonds. The first kappa shape index (κ1) is 15.4. The van der Waals surface area contributed by atoms with Gasteiger partial charge in [-0.05, 0) is 46.7 Å². The van der Waals surface area contributed by atoms with Crippen molar-refractivity contribution in [2.75, 3.05) is 4.72 Å². The van der Waals surface area contributed by atoms with Crippen LogP contribution in [-0.4, -0.2) is 18.3 Å². The van der Waals surface area contributed by atoms with Crippen LogP contribution >= 0.6 is 15.9 Å². The van der Waals surface area contributed by atoms with Gasteiger partial charge in [-0.15, -0.1) is 0 Å². The van der Waals surface area contributed by atoms with Crippen LogP contribution in [0.25, 0.3) is 0 Å². The number of halogens is 1. The summed E-state index contributed by atoms with van der Waals surface area (Å²) < 4.78 is 27.6. The Morgan fingerprint density at radius 3 is 2.52 bits per heavy atom. The zero-order valence-electron chi connectivity index (χ0n) is 10.8. The molecule has 0 aliphatic carbocycles. The first-order valence-corrected chi connectivity index (χ1v) is 7.96. The minimum absolute atomic E-state index is 0.143. The van der Waals surface area contributed by atoms with Crippen LogP contribution in [0, 0.1) is 17.0 Å². The number of nitro groups is 1. The van der Waals surface area contributed by atoms with Crippen LogP contribution in [0.1, 0.15) is 5.56 Å². The van der Waals surface area contributed by atoms with Crippen molar-refractivity contribution in [1.82, 2.24) is 4.98 Å². The number of nitrogens with zero attached hydrogens (tertiary/aromatic N) is 2. The number of nitrogens with one attached hydrogen (secondary N) is 1. The number of hydrogen-bond donors (Lipinski definition) is 1. The Labute approximate surface area is 129 Å². The van der Waals surface area contributed by atoms with Crippen LogP contribution in [0.2, 0.25) is 0 Å². The van der Waals surface area contributed by atoms with Crippen LogP contribution < -0.4 is 4.72 Å². The monoisotopic (exact) mass is 371 g/mol. The SMILES string of the molecule is Cc1cc(Br)ccc1NS(=O)(=O)c1ccc([N+](=O)[O-])nc1. The number of aryl methyl sites for hydroxylation is 1. The molecule has 9 heteroatoms. The Bertz CT molecular complexity index is 791. The van der Waals surface area contributed by atoms with Gasteiger partial charge in [0.15, 0.2) is 6.20 Å². The van der Waals surface area contributed by atoms with Gasteiger partial charge in [-0.3, -0.25) is 4.72 Å². The fraction of sp³-hybridized carbons (Fsp3) is 0.0833. The minimum atomic E-state index is -3.84. The first-order chi connectivity index (χ1) is 9.79. The summed E-state index contributed by atoms with van der Waals surface area (Å²) in [6, 6.07) is 7.28. The molecule has 1 aromatic carbocycles. The molecule has 0 aliphatic heterocycles. The molecule has 1 heterocycles. The normalized spacial score (nSPS) is 11.1. The van der Waals surface area contributed by atoms with E-state index >= 15 is 0 Å². The summed E-state index contributed by atoms with van der Waals surface area (Å²) in [5, 5.41) is 10.5. The summed E-state index contributed by atoms with van der Waals surface area (Å²) in [5.41, 5.74) is 1.17. The predicted molar refractivity (Wildman–Crippen MR) is 80.6 cm³/mol. The molecule has 0 spiro atoms. The van der Waals surface area contributed by atoms with Crippen molar-refractivity contribution in [3.63, 3.8) is 0 Å². The van der Waals surface area contributed by atoms with Gasteiger partial charge in [0, 0.05) is 10.5 Å². The molecular formula is C12H10BrN3O4S. The lowest BCUT2D eigenvalue weighted by Crippen LogP contribution is -2.14. The van der Waals surface area contributed by atoms with Crippen molar-refractivity contribution in [2.45, 2.75) is 11.8 Å². The molecule has 0 aliphatic rings. The Morgan fingerprint density at radius 2 is 2.00 bits per heavy atom. The van der Waals surface area contributed by atoms with E-state index in [2.05, 4.69) is 25.6 Å². The maximum absolute atomic E-state index is 12.2. The molecule has 0 radical (unpaired) electrons. The number of anilines is 1. The molecule has 0 fully saturated rings. The molecule has 0 atom stereocenters. The standard InChI is InChI=1S/C12H10BrN3O4S/c1-8-6-9(13)2-4-11(8)15-21(19,20)10-3-5-12(14-7-10)16(17)18/h2-7,15H,1H3. The molecule has 1 N–H and O–H groups in total. The number of benzene rings is 1. The van der Waals surface area contributed by atoms with Crippen molar-refractivity contribution < 1.29 is 13.3 Å². The van der Waals surface area contributed by atoms with Gasteiger partial charge in [0.2, 0.25) is 0 Å². The highest BCUT2D eigenvalue weighted by Crippen LogP contribution is 2.23. The van der Waals surface area contributed by atoms with Crippen LogP contribution in [0.5, 0.6) is 0 Å². The molecule has 0 saturated heterocycles. The van der Waals surface area contributed by atoms with Crippen molar-refractivity contribution in [3.8, 4) is 0 Å². The Morgan fingerprint density at radius 1 is 1.29 bits per heavy atom. The van der Waals surface area contributed by atoms with Crippen molar-refractivity contribution in [3.05, 3.63) is 56.7 Å². The largest absolute Gasteiger partial charge is 0.363 e. The second-order valence-electron chi connectivity index (χ2n) is 4.17. The number of rotatable bonds is 4. The Kier molecular flexibility index (Phi) is 4.24. The second kappa shape index (κ2) is 5.78. The molecule has 1 aromatic heterocycles. The molecule has 7 nitrogen and oxygen atoms in total. The van der Waals surface area contributed by atoms with E-state index in [9.17, 15) is 18.5 Å². The highest BCUT2D eigenvalue weighted by atomic mass is 79.9. The average Bonchev–Trinajstić information content (AvgIpc) is 2.42. The molecule has 2 rings (SSSR count). The number of sulfonamides is 1. The maximum Gasteiger partial charge on any atom is 0.363 e. The lowest BCUT2D eigenvalue weighted by Gasteiger charge is -2.10. The summed E-state index contributed by atoms with van der Waals surface area (Å²) in [7, 11) is -3.84. The van der Waals surface area contributed by atoms with Crippen LogP contribution in [-0.2, 0) is 10.0 Å². The van der Waals surface area contributed by atoms with E-state index in [4.69, 9.17) is 0 Å². The lowest BCUT2D eigenvalue weighted by molar-refractivity contribution is -0.389. The molecule has 0 unspecified atom stereocenters. The van der Waals surface area contributed by atoms with Gasteiger partial charge >= 0.3 is 5.82 Å². The minimum Gasteiger partial charge on any atom is -0.358 e. The smallest absolute Gasteiger partial charge is 0.358 e. The maximum atomic E-state index is 12.2. The van der Waals surface area contributed by atoms with Crippen LogP contribution in [0.3, 0.4) is 0 Å². The van der Waals surface area contributed by atoms with Gasteiger partial charge in [0.25, 0.3) is 10.0 Å². The predicted octanol–water partition coefficient (Wildman–Crippen LogP) is 2.86. The average molecular weight is 372 g/mol. The van der Waals surface area contributed by atoms with E-state index in [-0.39, 0.29) is 4.90 Å². The van der Waals surface area contributed by atoms with E-state index in [1.54, 1.807) is 25.1 Å². The lowest BCUT2D eigenvalue weighted by atomic mass is 10.2.